The number of aliphatic imine (C=N–C) groups is 1. The van der Waals surface area contributed by atoms with Crippen molar-refractivity contribution in [1.29, 1.82) is 0 Å². The Hall–Kier alpha value is -3.22. The molecule has 0 aromatic heterocycles. The Bertz CT molecular complexity index is 851. The second kappa shape index (κ2) is 9.64. The van der Waals surface area contributed by atoms with E-state index < -0.39 is 0 Å². The van der Waals surface area contributed by atoms with Gasteiger partial charge >= 0.3 is 0 Å². The van der Waals surface area contributed by atoms with Gasteiger partial charge in [0, 0.05) is 19.3 Å². The predicted octanol–water partition coefficient (Wildman–Crippen LogP) is 2.32. The Balaban J connectivity index is 1.41. The van der Waals surface area contributed by atoms with Crippen molar-refractivity contribution in [3.05, 3.63) is 53.6 Å². The summed E-state index contributed by atoms with van der Waals surface area (Å²) >= 11 is 0. The van der Waals surface area contributed by atoms with E-state index in [1.165, 1.54) is 5.56 Å². The average molecular weight is 382 g/mol. The molecule has 3 rings (SSSR count). The number of aryl methyl sites for hydroxylation is 1. The van der Waals surface area contributed by atoms with Crippen LogP contribution in [0.1, 0.15) is 18.1 Å². The first-order valence-corrected chi connectivity index (χ1v) is 9.39. The van der Waals surface area contributed by atoms with E-state index in [0.29, 0.717) is 12.5 Å². The quantitative estimate of drug-likeness (QED) is 0.506. The zero-order chi connectivity index (χ0) is 19.8. The lowest BCUT2D eigenvalue weighted by Gasteiger charge is -2.12. The lowest BCUT2D eigenvalue weighted by atomic mass is 10.1. The third kappa shape index (κ3) is 5.39. The molecule has 7 heteroatoms. The number of carbonyl (C=O) groups is 1. The maximum Gasteiger partial charge on any atom is 0.243 e. The van der Waals surface area contributed by atoms with E-state index >= 15 is 0 Å². The van der Waals surface area contributed by atoms with Crippen LogP contribution in [0, 0.1) is 0 Å². The number of guanidine groups is 1. The van der Waals surface area contributed by atoms with Gasteiger partial charge in [0.1, 0.15) is 0 Å². The summed E-state index contributed by atoms with van der Waals surface area (Å²) in [5.74, 6) is 2.03. The first kappa shape index (κ1) is 19.5. The number of hydrogen-bond donors (Lipinski definition) is 3. The highest BCUT2D eigenvalue weighted by Crippen LogP contribution is 2.32. The summed E-state index contributed by atoms with van der Waals surface area (Å²) in [5.41, 5.74) is 3.13. The van der Waals surface area contributed by atoms with Gasteiger partial charge in [-0.05, 0) is 48.2 Å². The second-order valence-electron chi connectivity index (χ2n) is 6.39. The number of hydrogen-bond acceptors (Lipinski definition) is 4. The van der Waals surface area contributed by atoms with Crippen molar-refractivity contribution in [2.75, 3.05) is 32.2 Å². The van der Waals surface area contributed by atoms with Crippen LogP contribution in [0.15, 0.2) is 47.5 Å². The zero-order valence-corrected chi connectivity index (χ0v) is 16.2. The predicted molar refractivity (Wildman–Crippen MR) is 110 cm³/mol. The minimum atomic E-state index is -0.119. The topological polar surface area (TPSA) is 84.0 Å². The molecule has 1 heterocycles. The normalized spacial score (nSPS) is 12.6. The molecule has 2 aromatic carbocycles. The molecule has 0 saturated heterocycles. The van der Waals surface area contributed by atoms with Gasteiger partial charge < -0.3 is 25.4 Å². The monoisotopic (exact) mass is 382 g/mol. The number of rotatable bonds is 7. The van der Waals surface area contributed by atoms with Gasteiger partial charge in [0.25, 0.3) is 0 Å². The molecule has 28 heavy (non-hydrogen) atoms. The standard InChI is InChI=1S/C21H26N4O3/c1-3-15-5-4-6-17(11-15)25-20(26)13-24-21(22-2)23-10-9-16-7-8-18-19(12-16)28-14-27-18/h4-8,11-12H,3,9-10,13-14H2,1-2H3,(H,25,26)(H2,22,23,24). The smallest absolute Gasteiger partial charge is 0.243 e. The fraction of sp³-hybridized carbons (Fsp3) is 0.333. The van der Waals surface area contributed by atoms with E-state index in [2.05, 4.69) is 27.9 Å². The van der Waals surface area contributed by atoms with Gasteiger partial charge in [-0.1, -0.05) is 25.1 Å². The van der Waals surface area contributed by atoms with Crippen molar-refractivity contribution in [3.63, 3.8) is 0 Å². The number of nitrogens with one attached hydrogen (secondary N) is 3. The molecule has 148 valence electrons. The maximum atomic E-state index is 12.2. The molecular formula is C21H26N4O3. The molecule has 1 amide bonds. The van der Waals surface area contributed by atoms with Crippen molar-refractivity contribution < 1.29 is 14.3 Å². The van der Waals surface area contributed by atoms with Gasteiger partial charge in [-0.3, -0.25) is 9.79 Å². The van der Waals surface area contributed by atoms with Crippen molar-refractivity contribution >= 4 is 17.6 Å². The van der Waals surface area contributed by atoms with Gasteiger partial charge in [-0.25, -0.2) is 0 Å². The molecule has 0 bridgehead atoms. The number of ether oxygens (including phenoxy) is 2. The number of anilines is 1. The third-order valence-electron chi connectivity index (χ3n) is 4.40. The lowest BCUT2D eigenvalue weighted by molar-refractivity contribution is -0.115. The fourth-order valence-electron chi connectivity index (χ4n) is 2.88. The van der Waals surface area contributed by atoms with Crippen LogP contribution in [0.3, 0.4) is 0 Å². The summed E-state index contributed by atoms with van der Waals surface area (Å²) in [5, 5.41) is 9.13. The first-order valence-electron chi connectivity index (χ1n) is 9.39. The Kier molecular flexibility index (Phi) is 6.73. The molecule has 1 aliphatic rings. The number of carbonyl (C=O) groups excluding carboxylic acids is 1. The number of fused-ring (bicyclic) bond motifs is 1. The van der Waals surface area contributed by atoms with Crippen LogP contribution < -0.4 is 25.4 Å². The Morgan fingerprint density at radius 1 is 1.07 bits per heavy atom. The Labute approximate surface area is 165 Å². The van der Waals surface area contributed by atoms with Crippen LogP contribution in [0.5, 0.6) is 11.5 Å². The van der Waals surface area contributed by atoms with Crippen LogP contribution in [0.25, 0.3) is 0 Å². The summed E-state index contributed by atoms with van der Waals surface area (Å²) in [6, 6.07) is 13.8. The maximum absolute atomic E-state index is 12.2. The summed E-state index contributed by atoms with van der Waals surface area (Å²) in [6.45, 7) is 3.18. The molecule has 0 saturated carbocycles. The van der Waals surface area contributed by atoms with Crippen LogP contribution in [0.4, 0.5) is 5.69 Å². The van der Waals surface area contributed by atoms with E-state index in [-0.39, 0.29) is 19.2 Å². The molecule has 0 unspecified atom stereocenters. The Morgan fingerprint density at radius 2 is 1.93 bits per heavy atom. The molecule has 3 N–H and O–H groups in total. The number of amides is 1. The summed E-state index contributed by atoms with van der Waals surface area (Å²) < 4.78 is 10.7. The highest BCUT2D eigenvalue weighted by atomic mass is 16.7. The minimum absolute atomic E-state index is 0.119. The molecule has 1 aliphatic heterocycles. The number of benzene rings is 2. The molecule has 2 aromatic rings. The largest absolute Gasteiger partial charge is 0.454 e. The van der Waals surface area contributed by atoms with Crippen LogP contribution in [-0.2, 0) is 17.6 Å². The zero-order valence-electron chi connectivity index (χ0n) is 16.2. The SMILES string of the molecule is CCc1cccc(NC(=O)CNC(=NC)NCCc2ccc3c(c2)OCO3)c1. The van der Waals surface area contributed by atoms with Crippen LogP contribution >= 0.6 is 0 Å². The number of nitrogens with zero attached hydrogens (tertiary/aromatic N) is 1. The highest BCUT2D eigenvalue weighted by molar-refractivity contribution is 5.95. The molecule has 0 radical (unpaired) electrons. The molecular weight excluding hydrogens is 356 g/mol. The van der Waals surface area contributed by atoms with Crippen LogP contribution in [0.2, 0.25) is 0 Å². The van der Waals surface area contributed by atoms with Gasteiger partial charge in [-0.2, -0.15) is 0 Å². The lowest BCUT2D eigenvalue weighted by Crippen LogP contribution is -2.42. The fourth-order valence-corrected chi connectivity index (χ4v) is 2.88. The Morgan fingerprint density at radius 3 is 2.75 bits per heavy atom. The molecule has 0 spiro atoms. The van der Waals surface area contributed by atoms with Crippen molar-refractivity contribution in [2.24, 2.45) is 4.99 Å². The molecule has 0 aliphatic carbocycles. The van der Waals surface area contributed by atoms with Gasteiger partial charge in [-0.15, -0.1) is 0 Å². The van der Waals surface area contributed by atoms with Gasteiger partial charge in [0.05, 0.1) is 6.54 Å². The summed E-state index contributed by atoms with van der Waals surface area (Å²) in [7, 11) is 1.68. The summed E-state index contributed by atoms with van der Waals surface area (Å²) in [4.78, 5) is 16.3. The van der Waals surface area contributed by atoms with E-state index in [4.69, 9.17) is 9.47 Å². The van der Waals surface area contributed by atoms with Gasteiger partial charge in [0.2, 0.25) is 12.7 Å². The molecule has 0 atom stereocenters. The highest BCUT2D eigenvalue weighted by Gasteiger charge is 2.13. The second-order valence-corrected chi connectivity index (χ2v) is 6.39. The van der Waals surface area contributed by atoms with Crippen molar-refractivity contribution in [2.45, 2.75) is 19.8 Å². The van der Waals surface area contributed by atoms with Crippen LogP contribution in [-0.4, -0.2) is 38.8 Å². The van der Waals surface area contributed by atoms with E-state index in [1.807, 2.05) is 42.5 Å². The van der Waals surface area contributed by atoms with Crippen molar-refractivity contribution in [1.82, 2.24) is 10.6 Å². The van der Waals surface area contributed by atoms with Gasteiger partial charge in [0.15, 0.2) is 17.5 Å². The van der Waals surface area contributed by atoms with Crippen molar-refractivity contribution in [3.8, 4) is 11.5 Å². The molecule has 0 fully saturated rings. The summed E-state index contributed by atoms with van der Waals surface area (Å²) in [6.07, 6.45) is 1.73. The first-order chi connectivity index (χ1) is 13.7. The average Bonchev–Trinajstić information content (AvgIpc) is 3.18. The van der Waals surface area contributed by atoms with E-state index in [9.17, 15) is 4.79 Å². The van der Waals surface area contributed by atoms with E-state index in [0.717, 1.165) is 35.6 Å². The van der Waals surface area contributed by atoms with E-state index in [1.54, 1.807) is 7.05 Å². The third-order valence-corrected chi connectivity index (χ3v) is 4.40. The minimum Gasteiger partial charge on any atom is -0.454 e. The molecule has 7 nitrogen and oxygen atoms in total.